The van der Waals surface area contributed by atoms with Crippen LogP contribution in [0.1, 0.15) is 44.7 Å². The number of nitrogens with one attached hydrogen (secondary N) is 3. The summed E-state index contributed by atoms with van der Waals surface area (Å²) in [5.74, 6) is 0.940. The summed E-state index contributed by atoms with van der Waals surface area (Å²) < 4.78 is 5.69. The third kappa shape index (κ3) is 6.47. The van der Waals surface area contributed by atoms with Crippen LogP contribution in [-0.2, 0) is 11.2 Å². The molecular formula is C24H39N5O. The summed E-state index contributed by atoms with van der Waals surface area (Å²) in [5, 5.41) is 8.38. The van der Waals surface area contributed by atoms with E-state index in [1.54, 1.807) is 0 Å². The molecule has 6 heteroatoms. The number of hydrogen-bond acceptors (Lipinski definition) is 3. The van der Waals surface area contributed by atoms with E-state index in [1.807, 2.05) is 0 Å². The lowest BCUT2D eigenvalue weighted by Crippen LogP contribution is -2.49. The van der Waals surface area contributed by atoms with Gasteiger partial charge in [-0.05, 0) is 58.1 Å². The SMILES string of the molecule is CCNC(=NCCc1c[nH]c2c(C)cccc12)NC1CCN(CCOC(C)C)CC1. The number of aromatic amines is 1. The molecule has 1 aromatic heterocycles. The highest BCUT2D eigenvalue weighted by atomic mass is 16.5. The molecule has 6 nitrogen and oxygen atoms in total. The molecule has 0 saturated carbocycles. The van der Waals surface area contributed by atoms with Crippen LogP contribution in [0.3, 0.4) is 0 Å². The van der Waals surface area contributed by atoms with Crippen LogP contribution in [-0.4, -0.2) is 67.3 Å². The molecule has 1 aliphatic rings. The Labute approximate surface area is 181 Å². The number of H-pyrrole nitrogens is 1. The maximum atomic E-state index is 5.69. The molecule has 1 aliphatic heterocycles. The minimum atomic E-state index is 0.316. The first-order valence-corrected chi connectivity index (χ1v) is 11.5. The fourth-order valence-electron chi connectivity index (χ4n) is 4.09. The molecule has 1 saturated heterocycles. The van der Waals surface area contributed by atoms with Crippen LogP contribution in [0.2, 0.25) is 0 Å². The molecule has 30 heavy (non-hydrogen) atoms. The fraction of sp³-hybridized carbons (Fsp3) is 0.625. The molecule has 3 N–H and O–H groups in total. The second-order valence-electron chi connectivity index (χ2n) is 8.50. The normalized spacial score (nSPS) is 16.5. The summed E-state index contributed by atoms with van der Waals surface area (Å²) in [5.41, 5.74) is 3.87. The number of likely N-dealkylation sites (tertiary alicyclic amines) is 1. The minimum Gasteiger partial charge on any atom is -0.377 e. The van der Waals surface area contributed by atoms with Crippen LogP contribution in [0.15, 0.2) is 29.4 Å². The number of aromatic nitrogens is 1. The molecule has 166 valence electrons. The van der Waals surface area contributed by atoms with Gasteiger partial charge in [0, 0.05) is 55.9 Å². The topological polar surface area (TPSA) is 64.7 Å². The molecule has 3 rings (SSSR count). The number of fused-ring (bicyclic) bond motifs is 1. The lowest BCUT2D eigenvalue weighted by molar-refractivity contribution is 0.0532. The summed E-state index contributed by atoms with van der Waals surface area (Å²) in [6.07, 6.45) is 5.68. The maximum absolute atomic E-state index is 5.69. The van der Waals surface area contributed by atoms with Crippen LogP contribution in [0.25, 0.3) is 10.9 Å². The molecule has 0 bridgehead atoms. The standard InChI is InChI=1S/C24H39N5O/c1-5-25-24(28-21-10-13-29(14-11-21)15-16-30-18(2)3)26-12-9-20-17-27-23-19(4)7-6-8-22(20)23/h6-8,17-18,21,27H,5,9-16H2,1-4H3,(H2,25,26,28). The van der Waals surface area contributed by atoms with Gasteiger partial charge in [0.25, 0.3) is 0 Å². The van der Waals surface area contributed by atoms with E-state index in [1.165, 1.54) is 22.0 Å². The average Bonchev–Trinajstić information content (AvgIpc) is 3.14. The van der Waals surface area contributed by atoms with Gasteiger partial charge in [-0.2, -0.15) is 0 Å². The Morgan fingerprint density at radius 2 is 2.10 bits per heavy atom. The number of aliphatic imine (C=N–C) groups is 1. The van der Waals surface area contributed by atoms with E-state index in [9.17, 15) is 0 Å². The lowest BCUT2D eigenvalue weighted by Gasteiger charge is -2.33. The van der Waals surface area contributed by atoms with Crippen molar-refractivity contribution in [3.05, 3.63) is 35.5 Å². The molecule has 0 atom stereocenters. The first-order valence-electron chi connectivity index (χ1n) is 11.5. The van der Waals surface area contributed by atoms with Crippen molar-refractivity contribution in [1.82, 2.24) is 20.5 Å². The smallest absolute Gasteiger partial charge is 0.191 e. The van der Waals surface area contributed by atoms with Gasteiger partial charge in [-0.25, -0.2) is 0 Å². The summed E-state index contributed by atoms with van der Waals surface area (Å²) in [7, 11) is 0. The molecule has 0 spiro atoms. The Bertz CT molecular complexity index is 805. The van der Waals surface area contributed by atoms with Crippen LogP contribution in [0.5, 0.6) is 0 Å². The van der Waals surface area contributed by atoms with Gasteiger partial charge in [-0.15, -0.1) is 0 Å². The predicted molar refractivity (Wildman–Crippen MR) is 126 cm³/mol. The van der Waals surface area contributed by atoms with Gasteiger partial charge in [0.1, 0.15) is 0 Å². The van der Waals surface area contributed by atoms with Crippen molar-refractivity contribution < 1.29 is 4.74 Å². The molecule has 1 fully saturated rings. The van der Waals surface area contributed by atoms with Crippen molar-refractivity contribution >= 4 is 16.9 Å². The Hall–Kier alpha value is -2.05. The second kappa shape index (κ2) is 11.4. The quantitative estimate of drug-likeness (QED) is 0.435. The van der Waals surface area contributed by atoms with Gasteiger partial charge in [-0.3, -0.25) is 4.99 Å². The molecule has 0 radical (unpaired) electrons. The number of nitrogens with zero attached hydrogens (tertiary/aromatic N) is 2. The van der Waals surface area contributed by atoms with Crippen molar-refractivity contribution in [3.8, 4) is 0 Å². The summed E-state index contributed by atoms with van der Waals surface area (Å²) >= 11 is 0. The molecule has 0 aliphatic carbocycles. The zero-order valence-corrected chi connectivity index (χ0v) is 19.1. The number of para-hydroxylation sites is 1. The highest BCUT2D eigenvalue weighted by Crippen LogP contribution is 2.21. The van der Waals surface area contributed by atoms with Gasteiger partial charge < -0.3 is 25.3 Å². The molecule has 2 aromatic rings. The van der Waals surface area contributed by atoms with E-state index in [2.05, 4.69) is 72.6 Å². The van der Waals surface area contributed by atoms with Gasteiger partial charge in [0.05, 0.1) is 12.7 Å². The van der Waals surface area contributed by atoms with Gasteiger partial charge >= 0.3 is 0 Å². The first-order chi connectivity index (χ1) is 14.6. The fourth-order valence-corrected chi connectivity index (χ4v) is 4.09. The van der Waals surface area contributed by atoms with E-state index in [4.69, 9.17) is 9.73 Å². The van der Waals surface area contributed by atoms with Crippen LogP contribution < -0.4 is 10.6 Å². The van der Waals surface area contributed by atoms with Crippen molar-refractivity contribution in [2.45, 2.75) is 59.1 Å². The summed E-state index contributed by atoms with van der Waals surface area (Å²) in [4.78, 5) is 10.8. The molecule has 2 heterocycles. The first kappa shape index (κ1) is 22.6. The molecule has 1 aromatic carbocycles. The number of piperidine rings is 1. The Morgan fingerprint density at radius 3 is 2.83 bits per heavy atom. The van der Waals surface area contributed by atoms with E-state index in [-0.39, 0.29) is 0 Å². The average molecular weight is 414 g/mol. The zero-order valence-electron chi connectivity index (χ0n) is 19.1. The van der Waals surface area contributed by atoms with E-state index < -0.39 is 0 Å². The highest BCUT2D eigenvalue weighted by Gasteiger charge is 2.19. The van der Waals surface area contributed by atoms with Gasteiger partial charge in [0.15, 0.2) is 5.96 Å². The molecule has 0 unspecified atom stereocenters. The third-order valence-electron chi connectivity index (χ3n) is 5.79. The van der Waals surface area contributed by atoms with Crippen molar-refractivity contribution in [2.24, 2.45) is 4.99 Å². The highest BCUT2D eigenvalue weighted by molar-refractivity contribution is 5.86. The minimum absolute atomic E-state index is 0.316. The number of hydrogen-bond donors (Lipinski definition) is 3. The predicted octanol–water partition coefficient (Wildman–Crippen LogP) is 3.46. The lowest BCUT2D eigenvalue weighted by atomic mass is 10.1. The van der Waals surface area contributed by atoms with E-state index in [0.29, 0.717) is 12.1 Å². The van der Waals surface area contributed by atoms with Crippen LogP contribution in [0, 0.1) is 6.92 Å². The Balaban J connectivity index is 1.47. The second-order valence-corrected chi connectivity index (χ2v) is 8.50. The number of benzene rings is 1. The van der Waals surface area contributed by atoms with E-state index >= 15 is 0 Å². The number of guanidine groups is 1. The Morgan fingerprint density at radius 1 is 1.30 bits per heavy atom. The zero-order chi connectivity index (χ0) is 21.3. The van der Waals surface area contributed by atoms with E-state index in [0.717, 1.165) is 64.6 Å². The summed E-state index contributed by atoms with van der Waals surface area (Å²) in [6, 6.07) is 6.96. The van der Waals surface area contributed by atoms with Crippen molar-refractivity contribution in [1.29, 1.82) is 0 Å². The van der Waals surface area contributed by atoms with Gasteiger partial charge in [-0.1, -0.05) is 18.2 Å². The molecule has 0 amide bonds. The monoisotopic (exact) mass is 413 g/mol. The Kier molecular flexibility index (Phi) is 8.58. The third-order valence-corrected chi connectivity index (χ3v) is 5.79. The van der Waals surface area contributed by atoms with Crippen LogP contribution in [0.4, 0.5) is 0 Å². The summed E-state index contributed by atoms with van der Waals surface area (Å²) in [6.45, 7) is 14.2. The molecular weight excluding hydrogens is 374 g/mol. The number of ether oxygens (including phenoxy) is 1. The number of rotatable bonds is 9. The largest absolute Gasteiger partial charge is 0.377 e. The maximum Gasteiger partial charge on any atom is 0.191 e. The van der Waals surface area contributed by atoms with Gasteiger partial charge in [0.2, 0.25) is 0 Å². The van der Waals surface area contributed by atoms with Crippen molar-refractivity contribution in [2.75, 3.05) is 39.3 Å². The van der Waals surface area contributed by atoms with Crippen molar-refractivity contribution in [3.63, 3.8) is 0 Å². The number of aryl methyl sites for hydroxylation is 1. The van der Waals surface area contributed by atoms with Crippen LogP contribution >= 0.6 is 0 Å².